The predicted octanol–water partition coefficient (Wildman–Crippen LogP) is -0.191. The SMILES string of the molecule is CC1CNCCN1C(=O)c1cc[nH]c(=O)c1. The van der Waals surface area contributed by atoms with Crippen LogP contribution in [0, 0.1) is 0 Å². The zero-order valence-corrected chi connectivity index (χ0v) is 9.19. The molecule has 2 heterocycles. The molecule has 1 unspecified atom stereocenters. The lowest BCUT2D eigenvalue weighted by Crippen LogP contribution is -2.52. The average Bonchev–Trinajstić information content (AvgIpc) is 2.29. The van der Waals surface area contributed by atoms with Crippen LogP contribution in [0.4, 0.5) is 0 Å². The van der Waals surface area contributed by atoms with Gasteiger partial charge in [-0.2, -0.15) is 0 Å². The lowest BCUT2D eigenvalue weighted by atomic mass is 10.1. The quantitative estimate of drug-likeness (QED) is 0.690. The lowest BCUT2D eigenvalue weighted by molar-refractivity contribution is 0.0655. The maximum atomic E-state index is 12.1. The first-order chi connectivity index (χ1) is 7.68. The second kappa shape index (κ2) is 4.49. The molecule has 86 valence electrons. The fourth-order valence-electron chi connectivity index (χ4n) is 1.89. The first-order valence-electron chi connectivity index (χ1n) is 5.39. The van der Waals surface area contributed by atoms with Crippen molar-refractivity contribution < 1.29 is 4.79 Å². The first kappa shape index (κ1) is 10.9. The summed E-state index contributed by atoms with van der Waals surface area (Å²) >= 11 is 0. The van der Waals surface area contributed by atoms with E-state index < -0.39 is 0 Å². The Morgan fingerprint density at radius 3 is 3.06 bits per heavy atom. The molecule has 1 aromatic rings. The molecule has 16 heavy (non-hydrogen) atoms. The number of hydrogen-bond donors (Lipinski definition) is 2. The van der Waals surface area contributed by atoms with Crippen LogP contribution in [0.15, 0.2) is 23.1 Å². The number of H-pyrrole nitrogens is 1. The van der Waals surface area contributed by atoms with Gasteiger partial charge in [0, 0.05) is 43.5 Å². The van der Waals surface area contributed by atoms with E-state index in [2.05, 4.69) is 10.3 Å². The number of hydrogen-bond acceptors (Lipinski definition) is 3. The Morgan fingerprint density at radius 1 is 1.56 bits per heavy atom. The van der Waals surface area contributed by atoms with Crippen molar-refractivity contribution in [3.8, 4) is 0 Å². The topological polar surface area (TPSA) is 65.2 Å². The molecule has 0 spiro atoms. The van der Waals surface area contributed by atoms with Crippen molar-refractivity contribution >= 4 is 5.91 Å². The van der Waals surface area contributed by atoms with Crippen molar-refractivity contribution in [2.24, 2.45) is 0 Å². The van der Waals surface area contributed by atoms with Crippen molar-refractivity contribution in [2.45, 2.75) is 13.0 Å². The number of piperazine rings is 1. The number of carbonyl (C=O) groups excluding carboxylic acids is 1. The standard InChI is InChI=1S/C11H15N3O2/c1-8-7-12-4-5-14(8)11(16)9-2-3-13-10(15)6-9/h2-3,6,8,12H,4-5,7H2,1H3,(H,13,15). The summed E-state index contributed by atoms with van der Waals surface area (Å²) in [5.41, 5.74) is 0.214. The van der Waals surface area contributed by atoms with Gasteiger partial charge >= 0.3 is 0 Å². The summed E-state index contributed by atoms with van der Waals surface area (Å²) in [4.78, 5) is 27.5. The molecule has 1 amide bonds. The highest BCUT2D eigenvalue weighted by Crippen LogP contribution is 2.08. The van der Waals surface area contributed by atoms with Gasteiger partial charge in [-0.3, -0.25) is 9.59 Å². The second-order valence-corrected chi connectivity index (χ2v) is 3.99. The van der Waals surface area contributed by atoms with Gasteiger partial charge < -0.3 is 15.2 Å². The molecule has 1 aliphatic rings. The molecule has 0 saturated carbocycles. The number of nitrogens with one attached hydrogen (secondary N) is 2. The van der Waals surface area contributed by atoms with Crippen LogP contribution in [0.2, 0.25) is 0 Å². The van der Waals surface area contributed by atoms with E-state index in [1.807, 2.05) is 6.92 Å². The maximum Gasteiger partial charge on any atom is 0.254 e. The zero-order valence-electron chi connectivity index (χ0n) is 9.19. The molecule has 1 fully saturated rings. The van der Waals surface area contributed by atoms with Crippen LogP contribution in [-0.4, -0.2) is 41.5 Å². The third kappa shape index (κ3) is 2.14. The van der Waals surface area contributed by atoms with E-state index in [0.717, 1.165) is 13.1 Å². The highest BCUT2D eigenvalue weighted by atomic mass is 16.2. The molecule has 1 aliphatic heterocycles. The third-order valence-electron chi connectivity index (χ3n) is 2.78. The van der Waals surface area contributed by atoms with Gasteiger partial charge in [0.2, 0.25) is 5.56 Å². The van der Waals surface area contributed by atoms with Gasteiger partial charge in [-0.25, -0.2) is 0 Å². The van der Waals surface area contributed by atoms with E-state index in [1.165, 1.54) is 12.3 Å². The van der Waals surface area contributed by atoms with Crippen molar-refractivity contribution in [1.82, 2.24) is 15.2 Å². The van der Waals surface area contributed by atoms with E-state index in [9.17, 15) is 9.59 Å². The van der Waals surface area contributed by atoms with Gasteiger partial charge in [-0.1, -0.05) is 0 Å². The number of aromatic nitrogens is 1. The molecule has 1 atom stereocenters. The summed E-state index contributed by atoms with van der Waals surface area (Å²) in [5.74, 6) is -0.0694. The molecular weight excluding hydrogens is 206 g/mol. The lowest BCUT2D eigenvalue weighted by Gasteiger charge is -2.33. The molecule has 1 aromatic heterocycles. The van der Waals surface area contributed by atoms with Crippen LogP contribution in [0.1, 0.15) is 17.3 Å². The van der Waals surface area contributed by atoms with Gasteiger partial charge in [0.15, 0.2) is 0 Å². The highest BCUT2D eigenvalue weighted by molar-refractivity contribution is 5.94. The van der Waals surface area contributed by atoms with E-state index in [1.54, 1.807) is 11.0 Å². The van der Waals surface area contributed by atoms with E-state index >= 15 is 0 Å². The number of nitrogens with zero attached hydrogens (tertiary/aromatic N) is 1. The molecule has 0 aromatic carbocycles. The van der Waals surface area contributed by atoms with Gasteiger partial charge in [-0.05, 0) is 13.0 Å². The smallest absolute Gasteiger partial charge is 0.254 e. The summed E-state index contributed by atoms with van der Waals surface area (Å²) < 4.78 is 0. The Hall–Kier alpha value is -1.62. The normalized spacial score (nSPS) is 20.8. The minimum atomic E-state index is -0.242. The molecule has 0 aliphatic carbocycles. The third-order valence-corrected chi connectivity index (χ3v) is 2.78. The number of rotatable bonds is 1. The van der Waals surface area contributed by atoms with Gasteiger partial charge in [0.1, 0.15) is 0 Å². The van der Waals surface area contributed by atoms with Crippen molar-refractivity contribution in [3.05, 3.63) is 34.2 Å². The van der Waals surface area contributed by atoms with Crippen LogP contribution in [0.25, 0.3) is 0 Å². The van der Waals surface area contributed by atoms with E-state index in [-0.39, 0.29) is 17.5 Å². The molecule has 1 saturated heterocycles. The Bertz CT molecular complexity index is 441. The van der Waals surface area contributed by atoms with Gasteiger partial charge in [0.05, 0.1) is 0 Å². The second-order valence-electron chi connectivity index (χ2n) is 3.99. The highest BCUT2D eigenvalue weighted by Gasteiger charge is 2.23. The minimum Gasteiger partial charge on any atom is -0.333 e. The van der Waals surface area contributed by atoms with Crippen LogP contribution < -0.4 is 10.9 Å². The van der Waals surface area contributed by atoms with Gasteiger partial charge in [0.25, 0.3) is 5.91 Å². The molecule has 2 N–H and O–H groups in total. The largest absolute Gasteiger partial charge is 0.333 e. The summed E-state index contributed by atoms with van der Waals surface area (Å²) in [5, 5.41) is 3.22. The number of carbonyl (C=O) groups is 1. The average molecular weight is 221 g/mol. The van der Waals surface area contributed by atoms with Crippen molar-refractivity contribution in [2.75, 3.05) is 19.6 Å². The molecule has 2 rings (SSSR count). The molecule has 5 heteroatoms. The Labute approximate surface area is 93.5 Å². The zero-order chi connectivity index (χ0) is 11.5. The van der Waals surface area contributed by atoms with Gasteiger partial charge in [-0.15, -0.1) is 0 Å². The molecule has 0 bridgehead atoms. The summed E-state index contributed by atoms with van der Waals surface area (Å²) in [6, 6.07) is 3.15. The Morgan fingerprint density at radius 2 is 2.38 bits per heavy atom. The Kier molecular flexibility index (Phi) is 3.05. The van der Waals surface area contributed by atoms with Crippen LogP contribution in [-0.2, 0) is 0 Å². The van der Waals surface area contributed by atoms with Crippen molar-refractivity contribution in [1.29, 1.82) is 0 Å². The molecule has 0 radical (unpaired) electrons. The van der Waals surface area contributed by atoms with Crippen LogP contribution in [0.5, 0.6) is 0 Å². The Balaban J connectivity index is 2.21. The van der Waals surface area contributed by atoms with E-state index in [0.29, 0.717) is 12.1 Å². The summed E-state index contributed by atoms with van der Waals surface area (Å²) in [6.45, 7) is 4.29. The fraction of sp³-hybridized carbons (Fsp3) is 0.455. The summed E-state index contributed by atoms with van der Waals surface area (Å²) in [7, 11) is 0. The maximum absolute atomic E-state index is 12.1. The minimum absolute atomic E-state index is 0.0694. The molecular formula is C11H15N3O2. The number of amides is 1. The number of pyridine rings is 1. The molecule has 5 nitrogen and oxygen atoms in total. The fourth-order valence-corrected chi connectivity index (χ4v) is 1.89. The van der Waals surface area contributed by atoms with Crippen LogP contribution in [0.3, 0.4) is 0 Å². The van der Waals surface area contributed by atoms with E-state index in [4.69, 9.17) is 0 Å². The summed E-state index contributed by atoms with van der Waals surface area (Å²) in [6.07, 6.45) is 1.50. The number of aromatic amines is 1. The monoisotopic (exact) mass is 221 g/mol. The van der Waals surface area contributed by atoms with Crippen LogP contribution >= 0.6 is 0 Å². The predicted molar refractivity (Wildman–Crippen MR) is 60.4 cm³/mol. The first-order valence-corrected chi connectivity index (χ1v) is 5.39. The van der Waals surface area contributed by atoms with Crippen molar-refractivity contribution in [3.63, 3.8) is 0 Å².